The van der Waals surface area contributed by atoms with Crippen LogP contribution in [0.15, 0.2) is 0 Å². The molecular weight excluding hydrogens is 205 g/mol. The molecule has 2 rings (SSSR count). The van der Waals surface area contributed by atoms with Crippen LogP contribution in [-0.4, -0.2) is 29.5 Å². The Hall–Kier alpha value is -0.150. The third-order valence-corrected chi connectivity index (χ3v) is 4.16. The molecule has 2 nitrogen and oxygen atoms in total. The second kappa shape index (κ2) is 5.46. The SMILES string of the molecule is OC1(CN[C@@H]2CCCC[C@H]2F)CCCCC1. The lowest BCUT2D eigenvalue weighted by Crippen LogP contribution is -2.49. The lowest BCUT2D eigenvalue weighted by atomic mass is 9.84. The molecule has 0 aromatic rings. The number of aliphatic hydroxyl groups is 1. The van der Waals surface area contributed by atoms with Crippen LogP contribution in [0.5, 0.6) is 0 Å². The Bertz CT molecular complexity index is 216. The highest BCUT2D eigenvalue weighted by molar-refractivity contribution is 4.88. The molecule has 0 unspecified atom stereocenters. The summed E-state index contributed by atoms with van der Waals surface area (Å²) < 4.78 is 13.6. The van der Waals surface area contributed by atoms with Gasteiger partial charge in [-0.3, -0.25) is 0 Å². The molecule has 3 heteroatoms. The summed E-state index contributed by atoms with van der Waals surface area (Å²) in [7, 11) is 0. The van der Waals surface area contributed by atoms with Gasteiger partial charge >= 0.3 is 0 Å². The summed E-state index contributed by atoms with van der Waals surface area (Å²) in [6.07, 6.45) is 8.27. The van der Waals surface area contributed by atoms with Crippen LogP contribution in [-0.2, 0) is 0 Å². The van der Waals surface area contributed by atoms with Crippen molar-refractivity contribution in [2.24, 2.45) is 0 Å². The molecule has 2 saturated carbocycles. The zero-order valence-electron chi connectivity index (χ0n) is 10.1. The second-order valence-corrected chi connectivity index (χ2v) is 5.57. The van der Waals surface area contributed by atoms with E-state index >= 15 is 0 Å². The average Bonchev–Trinajstić information content (AvgIpc) is 2.29. The molecule has 0 amide bonds. The number of alkyl halides is 1. The first-order chi connectivity index (χ1) is 7.70. The Kier molecular flexibility index (Phi) is 4.20. The molecule has 16 heavy (non-hydrogen) atoms. The zero-order valence-corrected chi connectivity index (χ0v) is 10.1. The molecular formula is C13H24FNO. The molecule has 0 bridgehead atoms. The van der Waals surface area contributed by atoms with E-state index in [9.17, 15) is 9.50 Å². The van der Waals surface area contributed by atoms with E-state index < -0.39 is 11.8 Å². The van der Waals surface area contributed by atoms with E-state index in [-0.39, 0.29) is 6.04 Å². The molecule has 0 aromatic carbocycles. The molecule has 2 fully saturated rings. The lowest BCUT2D eigenvalue weighted by molar-refractivity contribution is -0.00129. The third kappa shape index (κ3) is 3.17. The zero-order chi connectivity index (χ0) is 11.4. The maximum atomic E-state index is 13.6. The van der Waals surface area contributed by atoms with Crippen molar-refractivity contribution in [3.63, 3.8) is 0 Å². The van der Waals surface area contributed by atoms with Gasteiger partial charge in [0.1, 0.15) is 6.17 Å². The van der Waals surface area contributed by atoms with Gasteiger partial charge in [0.15, 0.2) is 0 Å². The average molecular weight is 229 g/mol. The number of rotatable bonds is 3. The highest BCUT2D eigenvalue weighted by atomic mass is 19.1. The van der Waals surface area contributed by atoms with Gasteiger partial charge in [-0.15, -0.1) is 0 Å². The normalized spacial score (nSPS) is 34.9. The fourth-order valence-corrected chi connectivity index (χ4v) is 3.02. The Morgan fingerprint density at radius 3 is 2.44 bits per heavy atom. The predicted octanol–water partition coefficient (Wildman–Crippen LogP) is 2.55. The Balaban J connectivity index is 1.76. The van der Waals surface area contributed by atoms with E-state index in [0.29, 0.717) is 13.0 Å². The molecule has 2 aliphatic carbocycles. The van der Waals surface area contributed by atoms with Crippen molar-refractivity contribution in [1.29, 1.82) is 0 Å². The van der Waals surface area contributed by atoms with Crippen LogP contribution >= 0.6 is 0 Å². The quantitative estimate of drug-likeness (QED) is 0.779. The summed E-state index contributed by atoms with van der Waals surface area (Å²) in [6.45, 7) is 0.581. The van der Waals surface area contributed by atoms with Crippen molar-refractivity contribution in [1.82, 2.24) is 5.32 Å². The molecule has 0 aromatic heterocycles. The summed E-state index contributed by atoms with van der Waals surface area (Å²) in [4.78, 5) is 0. The maximum absolute atomic E-state index is 13.6. The van der Waals surface area contributed by atoms with Gasteiger partial charge in [-0.2, -0.15) is 0 Å². The van der Waals surface area contributed by atoms with Gasteiger partial charge in [0, 0.05) is 12.6 Å². The van der Waals surface area contributed by atoms with Gasteiger partial charge in [0.05, 0.1) is 5.60 Å². The minimum absolute atomic E-state index is 0.0142. The van der Waals surface area contributed by atoms with Crippen LogP contribution < -0.4 is 5.32 Å². The second-order valence-electron chi connectivity index (χ2n) is 5.57. The van der Waals surface area contributed by atoms with Gasteiger partial charge in [-0.05, 0) is 25.7 Å². The highest BCUT2D eigenvalue weighted by Crippen LogP contribution is 2.28. The monoisotopic (exact) mass is 229 g/mol. The molecule has 0 radical (unpaired) electrons. The van der Waals surface area contributed by atoms with Gasteiger partial charge < -0.3 is 10.4 Å². The number of halogens is 1. The summed E-state index contributed by atoms with van der Waals surface area (Å²) >= 11 is 0. The van der Waals surface area contributed by atoms with Gasteiger partial charge in [0.25, 0.3) is 0 Å². The minimum Gasteiger partial charge on any atom is -0.389 e. The first kappa shape index (κ1) is 12.3. The van der Waals surface area contributed by atoms with Crippen molar-refractivity contribution < 1.29 is 9.50 Å². The molecule has 94 valence electrons. The van der Waals surface area contributed by atoms with Crippen molar-refractivity contribution in [2.45, 2.75) is 75.6 Å². The molecule has 0 aliphatic heterocycles. The molecule has 0 spiro atoms. The third-order valence-electron chi connectivity index (χ3n) is 4.16. The first-order valence-corrected chi connectivity index (χ1v) is 6.79. The van der Waals surface area contributed by atoms with Gasteiger partial charge in [-0.1, -0.05) is 32.1 Å². The van der Waals surface area contributed by atoms with Gasteiger partial charge in [-0.25, -0.2) is 4.39 Å². The minimum atomic E-state index is -0.707. The Morgan fingerprint density at radius 1 is 1.06 bits per heavy atom. The number of hydrogen-bond acceptors (Lipinski definition) is 2. The topological polar surface area (TPSA) is 32.3 Å². The first-order valence-electron chi connectivity index (χ1n) is 6.79. The van der Waals surface area contributed by atoms with Crippen LogP contribution in [0.25, 0.3) is 0 Å². The fourth-order valence-electron chi connectivity index (χ4n) is 3.02. The Labute approximate surface area is 97.6 Å². The van der Waals surface area contributed by atoms with E-state index in [0.717, 1.165) is 44.9 Å². The predicted molar refractivity (Wildman–Crippen MR) is 63.2 cm³/mol. The van der Waals surface area contributed by atoms with Crippen molar-refractivity contribution >= 4 is 0 Å². The van der Waals surface area contributed by atoms with Crippen LogP contribution in [0.4, 0.5) is 4.39 Å². The summed E-state index contributed by atoms with van der Waals surface area (Å²) in [5.41, 5.74) is -0.560. The number of nitrogens with one attached hydrogen (secondary N) is 1. The Morgan fingerprint density at radius 2 is 1.75 bits per heavy atom. The summed E-state index contributed by atoms with van der Waals surface area (Å²) in [6, 6.07) is -0.0142. The van der Waals surface area contributed by atoms with E-state index in [1.807, 2.05) is 0 Å². The molecule has 2 atom stereocenters. The van der Waals surface area contributed by atoms with Crippen molar-refractivity contribution in [3.05, 3.63) is 0 Å². The van der Waals surface area contributed by atoms with E-state index in [2.05, 4.69) is 5.32 Å². The van der Waals surface area contributed by atoms with Crippen molar-refractivity contribution in [3.8, 4) is 0 Å². The number of hydrogen-bond donors (Lipinski definition) is 2. The lowest BCUT2D eigenvalue weighted by Gasteiger charge is -2.35. The van der Waals surface area contributed by atoms with E-state index in [1.165, 1.54) is 6.42 Å². The summed E-state index contributed by atoms with van der Waals surface area (Å²) in [5, 5.41) is 13.6. The van der Waals surface area contributed by atoms with Crippen LogP contribution in [0.1, 0.15) is 57.8 Å². The van der Waals surface area contributed by atoms with Gasteiger partial charge in [0.2, 0.25) is 0 Å². The largest absolute Gasteiger partial charge is 0.389 e. The van der Waals surface area contributed by atoms with E-state index in [4.69, 9.17) is 0 Å². The van der Waals surface area contributed by atoms with Crippen LogP contribution in [0, 0.1) is 0 Å². The van der Waals surface area contributed by atoms with Crippen LogP contribution in [0.2, 0.25) is 0 Å². The smallest absolute Gasteiger partial charge is 0.115 e. The fraction of sp³-hybridized carbons (Fsp3) is 1.00. The summed E-state index contributed by atoms with van der Waals surface area (Å²) in [5.74, 6) is 0. The standard InChI is InChI=1S/C13H24FNO/c14-11-6-2-3-7-12(11)15-10-13(16)8-4-1-5-9-13/h11-12,15-16H,1-10H2/t11-,12-/m1/s1. The maximum Gasteiger partial charge on any atom is 0.115 e. The highest BCUT2D eigenvalue weighted by Gasteiger charge is 2.31. The van der Waals surface area contributed by atoms with Crippen LogP contribution in [0.3, 0.4) is 0 Å². The van der Waals surface area contributed by atoms with Crippen molar-refractivity contribution in [2.75, 3.05) is 6.54 Å². The molecule has 0 heterocycles. The van der Waals surface area contributed by atoms with E-state index in [1.54, 1.807) is 0 Å². The molecule has 2 aliphatic rings. The molecule has 2 N–H and O–H groups in total. The molecule has 0 saturated heterocycles.